The molecule has 0 aliphatic carbocycles. The minimum absolute atomic E-state index is 1.12. The normalized spacial score (nSPS) is 11.5. The predicted octanol–water partition coefficient (Wildman–Crippen LogP) is 14.8. The average Bonchev–Trinajstić information content (AvgIpc) is 3.60. The first kappa shape index (κ1) is 30.4. The highest BCUT2D eigenvalue weighted by atomic mass is 32.1. The molecule has 1 nitrogen and oxygen atoms in total. The summed E-state index contributed by atoms with van der Waals surface area (Å²) in [5.41, 5.74) is 10.8. The van der Waals surface area contributed by atoms with Crippen molar-refractivity contribution >= 4 is 70.1 Å². The van der Waals surface area contributed by atoms with Crippen molar-refractivity contribution in [2.24, 2.45) is 0 Å². The second-order valence-corrected chi connectivity index (χ2v) is 14.4. The van der Waals surface area contributed by atoms with Crippen molar-refractivity contribution in [2.75, 3.05) is 4.90 Å². The van der Waals surface area contributed by atoms with Gasteiger partial charge in [0.2, 0.25) is 0 Å². The zero-order valence-corrected chi connectivity index (χ0v) is 29.2. The van der Waals surface area contributed by atoms with E-state index in [1.54, 1.807) is 0 Å². The van der Waals surface area contributed by atoms with Crippen molar-refractivity contribution in [3.8, 4) is 33.4 Å². The van der Waals surface area contributed by atoms with Crippen LogP contribution in [0.15, 0.2) is 200 Å². The molecule has 0 amide bonds. The van der Waals surface area contributed by atoms with E-state index in [1.807, 2.05) is 11.3 Å². The Morgan fingerprint density at radius 1 is 0.327 bits per heavy atom. The Bertz CT molecular complexity index is 2900. The molecule has 0 fully saturated rings. The molecule has 0 atom stereocenters. The first-order valence-corrected chi connectivity index (χ1v) is 18.6. The number of fused-ring (bicyclic) bond motifs is 5. The van der Waals surface area contributed by atoms with Gasteiger partial charge in [-0.15, -0.1) is 11.3 Å². The second kappa shape index (κ2) is 12.7. The molecule has 2 heteroatoms. The van der Waals surface area contributed by atoms with Crippen LogP contribution in [-0.2, 0) is 0 Å². The van der Waals surface area contributed by atoms with Gasteiger partial charge in [-0.1, -0.05) is 152 Å². The monoisotopic (exact) mass is 679 g/mol. The molecule has 1 aromatic heterocycles. The number of thiophene rings is 1. The SMILES string of the molecule is c1ccc(-c2ccccc2-c2cccc3sc4ccc(N(c5ccc(-c6ccc7ccccc7c6)cc5)c5cccc6ccccc56)cc4c23)cc1. The minimum Gasteiger partial charge on any atom is -0.310 e. The van der Waals surface area contributed by atoms with Gasteiger partial charge in [0.05, 0.1) is 5.69 Å². The van der Waals surface area contributed by atoms with Gasteiger partial charge in [0, 0.05) is 36.9 Å². The maximum atomic E-state index is 2.43. The summed E-state index contributed by atoms with van der Waals surface area (Å²) in [5.74, 6) is 0. The van der Waals surface area contributed by atoms with E-state index in [9.17, 15) is 0 Å². The molecule has 0 spiro atoms. The summed E-state index contributed by atoms with van der Waals surface area (Å²) in [6.07, 6.45) is 0. The van der Waals surface area contributed by atoms with Crippen molar-refractivity contribution in [3.63, 3.8) is 0 Å². The Hall–Kier alpha value is -6.48. The Labute approximate surface area is 307 Å². The van der Waals surface area contributed by atoms with Crippen molar-refractivity contribution in [2.45, 2.75) is 0 Å². The van der Waals surface area contributed by atoms with Crippen LogP contribution in [0.4, 0.5) is 17.1 Å². The quantitative estimate of drug-likeness (QED) is 0.169. The maximum Gasteiger partial charge on any atom is 0.0540 e. The van der Waals surface area contributed by atoms with Crippen LogP contribution in [-0.4, -0.2) is 0 Å². The van der Waals surface area contributed by atoms with Gasteiger partial charge in [0.15, 0.2) is 0 Å². The van der Waals surface area contributed by atoms with E-state index < -0.39 is 0 Å². The van der Waals surface area contributed by atoms with E-state index in [1.165, 1.54) is 75.1 Å². The van der Waals surface area contributed by atoms with Crippen LogP contribution in [0.25, 0.3) is 75.1 Å². The fourth-order valence-corrected chi connectivity index (χ4v) is 8.88. The lowest BCUT2D eigenvalue weighted by molar-refractivity contribution is 1.30. The Morgan fingerprint density at radius 3 is 1.85 bits per heavy atom. The average molecular weight is 680 g/mol. The standard InChI is InChI=1S/C50H33NS/c1-2-13-36(14-3-1)42-18-8-9-20-44(42)45-21-11-23-49-50(45)46-33-41(30-31-48(46)52-49)51(47-22-10-17-37-15-6-7-19-43(37)47)40-28-26-35(27-29-40)39-25-24-34-12-4-5-16-38(34)32-39/h1-33H. The number of nitrogens with zero attached hydrogens (tertiary/aromatic N) is 1. The molecule has 10 rings (SSSR count). The molecule has 0 saturated heterocycles. The summed E-state index contributed by atoms with van der Waals surface area (Å²) in [4.78, 5) is 2.43. The fraction of sp³-hybridized carbons (Fsp3) is 0. The van der Waals surface area contributed by atoms with Gasteiger partial charge in [-0.3, -0.25) is 0 Å². The summed E-state index contributed by atoms with van der Waals surface area (Å²) in [5, 5.41) is 7.53. The molecular formula is C50H33NS. The van der Waals surface area contributed by atoms with E-state index in [4.69, 9.17) is 0 Å². The molecule has 0 radical (unpaired) electrons. The van der Waals surface area contributed by atoms with Crippen LogP contribution >= 0.6 is 11.3 Å². The van der Waals surface area contributed by atoms with Gasteiger partial charge in [-0.2, -0.15) is 0 Å². The lowest BCUT2D eigenvalue weighted by atomic mass is 9.92. The third-order valence-corrected chi connectivity index (χ3v) is 11.4. The van der Waals surface area contributed by atoms with Gasteiger partial charge in [0.25, 0.3) is 0 Å². The van der Waals surface area contributed by atoms with Crippen molar-refractivity contribution < 1.29 is 0 Å². The van der Waals surface area contributed by atoms with E-state index >= 15 is 0 Å². The van der Waals surface area contributed by atoms with E-state index in [2.05, 4.69) is 205 Å². The van der Waals surface area contributed by atoms with E-state index in [-0.39, 0.29) is 0 Å². The molecule has 9 aromatic carbocycles. The first-order valence-electron chi connectivity index (χ1n) is 17.8. The van der Waals surface area contributed by atoms with Crippen LogP contribution in [0, 0.1) is 0 Å². The van der Waals surface area contributed by atoms with Crippen LogP contribution in [0.3, 0.4) is 0 Å². The molecule has 0 aliphatic heterocycles. The first-order chi connectivity index (χ1) is 25.8. The smallest absolute Gasteiger partial charge is 0.0540 e. The van der Waals surface area contributed by atoms with Gasteiger partial charge in [-0.05, 0) is 98.1 Å². The highest BCUT2D eigenvalue weighted by Gasteiger charge is 2.19. The highest BCUT2D eigenvalue weighted by Crippen LogP contribution is 2.46. The topological polar surface area (TPSA) is 3.24 Å². The van der Waals surface area contributed by atoms with Crippen LogP contribution in [0.1, 0.15) is 0 Å². The molecule has 0 N–H and O–H groups in total. The summed E-state index contributed by atoms with van der Waals surface area (Å²) in [6.45, 7) is 0. The second-order valence-electron chi connectivity index (χ2n) is 13.3. The number of hydrogen-bond donors (Lipinski definition) is 0. The highest BCUT2D eigenvalue weighted by molar-refractivity contribution is 7.26. The van der Waals surface area contributed by atoms with Crippen LogP contribution in [0.5, 0.6) is 0 Å². The summed E-state index contributed by atoms with van der Waals surface area (Å²) < 4.78 is 2.58. The Balaban J connectivity index is 1.16. The molecular weight excluding hydrogens is 647 g/mol. The zero-order valence-electron chi connectivity index (χ0n) is 28.4. The van der Waals surface area contributed by atoms with Crippen LogP contribution in [0.2, 0.25) is 0 Å². The molecule has 0 saturated carbocycles. The summed E-state index contributed by atoms with van der Waals surface area (Å²) >= 11 is 1.87. The Kier molecular flexibility index (Phi) is 7.41. The van der Waals surface area contributed by atoms with Crippen molar-refractivity contribution in [1.82, 2.24) is 0 Å². The molecule has 1 heterocycles. The van der Waals surface area contributed by atoms with Gasteiger partial charge < -0.3 is 4.90 Å². The number of rotatable bonds is 6. The lowest BCUT2D eigenvalue weighted by Crippen LogP contribution is -2.10. The number of benzene rings is 9. The molecule has 244 valence electrons. The number of hydrogen-bond acceptors (Lipinski definition) is 2. The van der Waals surface area contributed by atoms with Crippen molar-refractivity contribution in [1.29, 1.82) is 0 Å². The minimum atomic E-state index is 1.12. The predicted molar refractivity (Wildman–Crippen MR) is 225 cm³/mol. The van der Waals surface area contributed by atoms with Gasteiger partial charge >= 0.3 is 0 Å². The summed E-state index contributed by atoms with van der Waals surface area (Å²) in [6, 6.07) is 73.0. The van der Waals surface area contributed by atoms with E-state index in [0.29, 0.717) is 0 Å². The molecule has 52 heavy (non-hydrogen) atoms. The molecule has 0 aliphatic rings. The largest absolute Gasteiger partial charge is 0.310 e. The van der Waals surface area contributed by atoms with E-state index in [0.717, 1.165) is 17.1 Å². The van der Waals surface area contributed by atoms with Gasteiger partial charge in [-0.25, -0.2) is 0 Å². The lowest BCUT2D eigenvalue weighted by Gasteiger charge is -2.27. The third-order valence-electron chi connectivity index (χ3n) is 10.3. The third kappa shape index (κ3) is 5.24. The molecule has 0 bridgehead atoms. The maximum absolute atomic E-state index is 2.43. The summed E-state index contributed by atoms with van der Waals surface area (Å²) in [7, 11) is 0. The Morgan fingerprint density at radius 2 is 0.981 bits per heavy atom. The zero-order chi connectivity index (χ0) is 34.4. The molecule has 10 aromatic rings. The fourth-order valence-electron chi connectivity index (χ4n) is 7.77. The van der Waals surface area contributed by atoms with Crippen molar-refractivity contribution in [3.05, 3.63) is 200 Å². The van der Waals surface area contributed by atoms with Crippen LogP contribution < -0.4 is 4.90 Å². The number of anilines is 3. The van der Waals surface area contributed by atoms with Gasteiger partial charge in [0.1, 0.15) is 0 Å². The molecule has 0 unspecified atom stereocenters.